The molecular formula is C20H23N5O. The molecule has 0 spiro atoms. The summed E-state index contributed by atoms with van der Waals surface area (Å²) < 4.78 is 1.72. The van der Waals surface area contributed by atoms with Gasteiger partial charge < -0.3 is 5.32 Å². The summed E-state index contributed by atoms with van der Waals surface area (Å²) in [5.41, 5.74) is 4.67. The highest BCUT2D eigenvalue weighted by atomic mass is 16.1. The number of hydrogen-bond donors (Lipinski definition) is 1. The molecule has 0 saturated carbocycles. The van der Waals surface area contributed by atoms with Crippen LogP contribution in [0.1, 0.15) is 41.8 Å². The molecule has 6 heteroatoms. The average Bonchev–Trinajstić information content (AvgIpc) is 2.91. The molecule has 0 aliphatic heterocycles. The summed E-state index contributed by atoms with van der Waals surface area (Å²) in [6.07, 6.45) is 3.95. The maximum Gasteiger partial charge on any atom is 0.250 e. The van der Waals surface area contributed by atoms with Gasteiger partial charge in [-0.3, -0.25) is 4.79 Å². The number of carbonyl (C=O) groups is 1. The Hall–Kier alpha value is -3.02. The van der Waals surface area contributed by atoms with Gasteiger partial charge in [0.1, 0.15) is 0 Å². The van der Waals surface area contributed by atoms with Crippen molar-refractivity contribution in [1.29, 1.82) is 0 Å². The van der Waals surface area contributed by atoms with E-state index in [-0.39, 0.29) is 11.8 Å². The van der Waals surface area contributed by atoms with Crippen molar-refractivity contribution in [3.05, 3.63) is 65.2 Å². The lowest BCUT2D eigenvalue weighted by Gasteiger charge is -2.15. The number of rotatable bonds is 5. The molecule has 0 fully saturated rings. The average molecular weight is 349 g/mol. The van der Waals surface area contributed by atoms with Crippen molar-refractivity contribution < 1.29 is 4.79 Å². The molecule has 6 nitrogen and oxygen atoms in total. The van der Waals surface area contributed by atoms with Crippen LogP contribution in [0.25, 0.3) is 5.95 Å². The van der Waals surface area contributed by atoms with E-state index in [1.165, 1.54) is 0 Å². The minimum Gasteiger partial charge on any atom is -0.323 e. The molecule has 2 aromatic heterocycles. The summed E-state index contributed by atoms with van der Waals surface area (Å²) in [5.74, 6) is 0.235. The smallest absolute Gasteiger partial charge is 0.250 e. The molecule has 2 heterocycles. The van der Waals surface area contributed by atoms with Gasteiger partial charge in [-0.1, -0.05) is 37.3 Å². The number of benzene rings is 1. The fourth-order valence-electron chi connectivity index (χ4n) is 2.90. The standard InChI is InChI=1S/C20H23N5O/c1-5-18(16-9-7-6-8-10-16)19(26)23-17-11-21-20(22-12-17)25-15(4)13(2)14(3)24-25/h6-12,18H,5H2,1-4H3,(H,23,26). The van der Waals surface area contributed by atoms with Crippen molar-refractivity contribution in [2.45, 2.75) is 40.0 Å². The Morgan fingerprint density at radius 2 is 1.77 bits per heavy atom. The fourth-order valence-corrected chi connectivity index (χ4v) is 2.90. The summed E-state index contributed by atoms with van der Waals surface area (Å²) in [6, 6.07) is 9.78. The molecule has 3 rings (SSSR count). The molecular weight excluding hydrogens is 326 g/mol. The summed E-state index contributed by atoms with van der Waals surface area (Å²) >= 11 is 0. The highest BCUT2D eigenvalue weighted by molar-refractivity contribution is 5.95. The molecule has 26 heavy (non-hydrogen) atoms. The van der Waals surface area contributed by atoms with E-state index < -0.39 is 0 Å². The first-order chi connectivity index (χ1) is 12.5. The minimum absolute atomic E-state index is 0.0583. The van der Waals surface area contributed by atoms with Crippen LogP contribution in [0.15, 0.2) is 42.7 Å². The summed E-state index contributed by atoms with van der Waals surface area (Å²) in [6.45, 7) is 7.97. The van der Waals surface area contributed by atoms with E-state index in [0.29, 0.717) is 11.6 Å². The zero-order chi connectivity index (χ0) is 18.7. The Kier molecular flexibility index (Phi) is 5.11. The van der Waals surface area contributed by atoms with E-state index in [1.54, 1.807) is 17.1 Å². The SMILES string of the molecule is CCC(C(=O)Nc1cnc(-n2nc(C)c(C)c2C)nc1)c1ccccc1. The molecule has 1 unspecified atom stereocenters. The third-order valence-electron chi connectivity index (χ3n) is 4.67. The molecule has 0 saturated heterocycles. The van der Waals surface area contributed by atoms with Gasteiger partial charge in [0, 0.05) is 5.69 Å². The maximum atomic E-state index is 12.6. The van der Waals surface area contributed by atoms with Crippen LogP contribution in [-0.4, -0.2) is 25.7 Å². The number of hydrogen-bond acceptors (Lipinski definition) is 4. The van der Waals surface area contributed by atoms with E-state index >= 15 is 0 Å². The first-order valence-corrected chi connectivity index (χ1v) is 8.72. The molecule has 1 amide bonds. The Balaban J connectivity index is 1.76. The molecule has 0 radical (unpaired) electrons. The third-order valence-corrected chi connectivity index (χ3v) is 4.67. The lowest BCUT2D eigenvalue weighted by atomic mass is 9.95. The number of aryl methyl sites for hydroxylation is 1. The molecule has 1 atom stereocenters. The van der Waals surface area contributed by atoms with E-state index in [9.17, 15) is 4.79 Å². The van der Waals surface area contributed by atoms with Crippen molar-refractivity contribution in [3.63, 3.8) is 0 Å². The molecule has 3 aromatic rings. The number of aromatic nitrogens is 4. The van der Waals surface area contributed by atoms with Crippen LogP contribution >= 0.6 is 0 Å². The summed E-state index contributed by atoms with van der Waals surface area (Å²) in [4.78, 5) is 21.3. The van der Waals surface area contributed by atoms with Crippen molar-refractivity contribution >= 4 is 11.6 Å². The largest absolute Gasteiger partial charge is 0.323 e. The van der Waals surface area contributed by atoms with Crippen molar-refractivity contribution in [2.75, 3.05) is 5.32 Å². The van der Waals surface area contributed by atoms with Crippen molar-refractivity contribution in [1.82, 2.24) is 19.7 Å². The second-order valence-corrected chi connectivity index (χ2v) is 6.34. The highest BCUT2D eigenvalue weighted by Gasteiger charge is 2.19. The number of nitrogens with one attached hydrogen (secondary N) is 1. The zero-order valence-corrected chi connectivity index (χ0v) is 15.5. The molecule has 0 bridgehead atoms. The van der Waals surface area contributed by atoms with Gasteiger partial charge in [-0.05, 0) is 38.3 Å². The van der Waals surface area contributed by atoms with E-state index in [1.807, 2.05) is 58.0 Å². The first-order valence-electron chi connectivity index (χ1n) is 8.72. The number of anilines is 1. The molecule has 0 aliphatic rings. The predicted molar refractivity (Wildman–Crippen MR) is 101 cm³/mol. The van der Waals surface area contributed by atoms with Crippen molar-refractivity contribution in [3.8, 4) is 5.95 Å². The van der Waals surface area contributed by atoms with Crippen LogP contribution in [0.2, 0.25) is 0 Å². The minimum atomic E-state index is -0.200. The predicted octanol–water partition coefficient (Wildman–Crippen LogP) is 3.72. The quantitative estimate of drug-likeness (QED) is 0.762. The van der Waals surface area contributed by atoms with Gasteiger partial charge in [-0.2, -0.15) is 5.10 Å². The molecule has 1 aromatic carbocycles. The Bertz CT molecular complexity index is 900. The Morgan fingerprint density at radius 3 is 2.31 bits per heavy atom. The van der Waals surface area contributed by atoms with Crippen molar-refractivity contribution in [2.24, 2.45) is 0 Å². The van der Waals surface area contributed by atoms with Crippen LogP contribution in [0, 0.1) is 20.8 Å². The highest BCUT2D eigenvalue weighted by Crippen LogP contribution is 2.21. The van der Waals surface area contributed by atoms with E-state index in [0.717, 1.165) is 28.9 Å². The van der Waals surface area contributed by atoms with Crippen LogP contribution in [0.3, 0.4) is 0 Å². The third kappa shape index (κ3) is 3.49. The zero-order valence-electron chi connectivity index (χ0n) is 15.5. The first kappa shape index (κ1) is 17.8. The van der Waals surface area contributed by atoms with Crippen LogP contribution < -0.4 is 5.32 Å². The van der Waals surface area contributed by atoms with E-state index in [4.69, 9.17) is 0 Å². The Morgan fingerprint density at radius 1 is 1.12 bits per heavy atom. The number of nitrogens with zero attached hydrogens (tertiary/aromatic N) is 4. The fraction of sp³-hybridized carbons (Fsp3) is 0.300. The molecule has 1 N–H and O–H groups in total. The van der Waals surface area contributed by atoms with E-state index in [2.05, 4.69) is 20.4 Å². The normalized spacial score (nSPS) is 12.0. The van der Waals surface area contributed by atoms with Gasteiger partial charge in [0.2, 0.25) is 5.91 Å². The topological polar surface area (TPSA) is 72.7 Å². The molecule has 134 valence electrons. The van der Waals surface area contributed by atoms with Crippen LogP contribution in [-0.2, 0) is 4.79 Å². The Labute approximate surface area is 153 Å². The summed E-state index contributed by atoms with van der Waals surface area (Å²) in [7, 11) is 0. The number of carbonyl (C=O) groups excluding carboxylic acids is 1. The molecule has 0 aliphatic carbocycles. The van der Waals surface area contributed by atoms with Gasteiger partial charge in [-0.25, -0.2) is 14.6 Å². The monoisotopic (exact) mass is 349 g/mol. The maximum absolute atomic E-state index is 12.6. The van der Waals surface area contributed by atoms with Gasteiger partial charge in [0.25, 0.3) is 5.95 Å². The summed E-state index contributed by atoms with van der Waals surface area (Å²) in [5, 5.41) is 7.36. The lowest BCUT2D eigenvalue weighted by Crippen LogP contribution is -2.21. The van der Waals surface area contributed by atoms with Crippen LogP contribution in [0.4, 0.5) is 5.69 Å². The van der Waals surface area contributed by atoms with Gasteiger partial charge in [0.05, 0.1) is 29.7 Å². The van der Waals surface area contributed by atoms with Gasteiger partial charge >= 0.3 is 0 Å². The van der Waals surface area contributed by atoms with Crippen LogP contribution in [0.5, 0.6) is 0 Å². The lowest BCUT2D eigenvalue weighted by molar-refractivity contribution is -0.117. The van der Waals surface area contributed by atoms with Gasteiger partial charge in [-0.15, -0.1) is 0 Å². The number of amides is 1. The van der Waals surface area contributed by atoms with Gasteiger partial charge in [0.15, 0.2) is 0 Å². The second kappa shape index (κ2) is 7.47. The second-order valence-electron chi connectivity index (χ2n) is 6.34.